The molecule has 144 valence electrons. The number of ether oxygens (including phenoxy) is 1. The Morgan fingerprint density at radius 1 is 1.32 bits per heavy atom. The Hall–Kier alpha value is -2.84. The second-order valence-corrected chi connectivity index (χ2v) is 8.84. The van der Waals surface area contributed by atoms with Crippen molar-refractivity contribution in [2.45, 2.75) is 38.3 Å². The average molecular weight is 443 g/mol. The number of nitriles is 2. The van der Waals surface area contributed by atoms with Crippen molar-refractivity contribution in [3.8, 4) is 12.1 Å². The van der Waals surface area contributed by atoms with Gasteiger partial charge in [-0.25, -0.2) is 4.79 Å². The van der Waals surface area contributed by atoms with Gasteiger partial charge in [0.1, 0.15) is 5.60 Å². The van der Waals surface area contributed by atoms with Crippen molar-refractivity contribution < 1.29 is 14.3 Å². The minimum atomic E-state index is -1.87. The molecule has 0 aliphatic carbocycles. The number of nitrogens with zero attached hydrogens (tertiary/aromatic N) is 4. The highest BCUT2D eigenvalue weighted by Gasteiger charge is 2.73. The van der Waals surface area contributed by atoms with E-state index in [0.717, 1.165) is 4.90 Å². The van der Waals surface area contributed by atoms with Crippen LogP contribution in [0.15, 0.2) is 34.9 Å². The molecule has 1 aromatic carbocycles. The summed E-state index contributed by atoms with van der Waals surface area (Å²) < 4.78 is 6.17. The van der Waals surface area contributed by atoms with E-state index in [1.54, 1.807) is 46.0 Å². The number of anilines is 1. The Morgan fingerprint density at radius 3 is 2.46 bits per heavy atom. The molecule has 7 nitrogen and oxygen atoms in total. The van der Waals surface area contributed by atoms with Gasteiger partial charge in [0.15, 0.2) is 11.0 Å². The van der Waals surface area contributed by atoms with Gasteiger partial charge in [-0.15, -0.1) is 0 Å². The number of benzene rings is 1. The second-order valence-electron chi connectivity index (χ2n) is 7.92. The number of carbonyl (C=O) groups is 2. The van der Waals surface area contributed by atoms with E-state index in [1.807, 2.05) is 12.1 Å². The van der Waals surface area contributed by atoms with Crippen molar-refractivity contribution in [2.24, 2.45) is 5.41 Å². The first-order valence-electron chi connectivity index (χ1n) is 8.57. The minimum absolute atomic E-state index is 0.148. The van der Waals surface area contributed by atoms with E-state index < -0.39 is 28.6 Å². The largest absolute Gasteiger partial charge is 0.443 e. The first kappa shape index (κ1) is 19.9. The van der Waals surface area contributed by atoms with E-state index in [2.05, 4.69) is 22.5 Å². The third-order valence-corrected chi connectivity index (χ3v) is 5.51. The van der Waals surface area contributed by atoms with Gasteiger partial charge in [-0.1, -0.05) is 22.5 Å². The van der Waals surface area contributed by atoms with Crippen LogP contribution in [0, 0.1) is 28.1 Å². The SMILES string of the molecule is C=C1CC(C#N)(C#N)[C@]2(C(=O)N(C)c3ccc(Br)cc32)N1C(=O)OC(C)(C)C. The molecular weight excluding hydrogens is 424 g/mol. The summed E-state index contributed by atoms with van der Waals surface area (Å²) in [5.41, 5.74) is -3.45. The Bertz CT molecular complexity index is 984. The summed E-state index contributed by atoms with van der Waals surface area (Å²) in [6, 6.07) is 9.15. The van der Waals surface area contributed by atoms with Crippen molar-refractivity contribution in [1.82, 2.24) is 4.90 Å². The van der Waals surface area contributed by atoms with Crippen LogP contribution in [-0.2, 0) is 15.1 Å². The molecule has 1 aromatic rings. The normalized spacial score (nSPS) is 22.8. The zero-order valence-corrected chi connectivity index (χ0v) is 17.6. The van der Waals surface area contributed by atoms with Gasteiger partial charge in [-0.05, 0) is 39.0 Å². The highest BCUT2D eigenvalue weighted by molar-refractivity contribution is 9.10. The summed E-state index contributed by atoms with van der Waals surface area (Å²) in [6.45, 7) is 8.99. The molecule has 28 heavy (non-hydrogen) atoms. The van der Waals surface area contributed by atoms with Gasteiger partial charge in [0.2, 0.25) is 0 Å². The molecular formula is C20H19BrN4O3. The summed E-state index contributed by atoms with van der Waals surface area (Å²) in [7, 11) is 1.55. The van der Waals surface area contributed by atoms with Gasteiger partial charge in [0.25, 0.3) is 5.91 Å². The van der Waals surface area contributed by atoms with Gasteiger partial charge >= 0.3 is 6.09 Å². The van der Waals surface area contributed by atoms with Crippen LogP contribution in [0.25, 0.3) is 0 Å². The Morgan fingerprint density at radius 2 is 1.93 bits per heavy atom. The highest BCUT2D eigenvalue weighted by atomic mass is 79.9. The van der Waals surface area contributed by atoms with Crippen LogP contribution >= 0.6 is 15.9 Å². The lowest BCUT2D eigenvalue weighted by Gasteiger charge is -2.39. The highest BCUT2D eigenvalue weighted by Crippen LogP contribution is 2.61. The molecule has 0 unspecified atom stereocenters. The van der Waals surface area contributed by atoms with Crippen molar-refractivity contribution >= 4 is 33.6 Å². The molecule has 1 fully saturated rings. The number of hydrogen-bond donors (Lipinski definition) is 0. The topological polar surface area (TPSA) is 97.4 Å². The quantitative estimate of drug-likeness (QED) is 0.608. The molecule has 1 saturated heterocycles. The first-order chi connectivity index (χ1) is 12.9. The molecule has 2 heterocycles. The Kier molecular flexibility index (Phi) is 4.32. The molecule has 8 heteroatoms. The second kappa shape index (κ2) is 6.08. The monoisotopic (exact) mass is 442 g/mol. The Balaban J connectivity index is 2.38. The van der Waals surface area contributed by atoms with E-state index in [9.17, 15) is 20.1 Å². The fraction of sp³-hybridized carbons (Fsp3) is 0.400. The molecule has 2 amide bonds. The van der Waals surface area contributed by atoms with E-state index in [-0.39, 0.29) is 12.1 Å². The van der Waals surface area contributed by atoms with Crippen LogP contribution < -0.4 is 4.90 Å². The smallest absolute Gasteiger partial charge is 0.415 e. The lowest BCUT2D eigenvalue weighted by Crippen LogP contribution is -2.58. The summed E-state index contributed by atoms with van der Waals surface area (Å²) in [6.07, 6.45) is -0.968. The summed E-state index contributed by atoms with van der Waals surface area (Å²) >= 11 is 3.38. The summed E-state index contributed by atoms with van der Waals surface area (Å²) in [5.74, 6) is -0.548. The van der Waals surface area contributed by atoms with Crippen LogP contribution in [0.4, 0.5) is 10.5 Å². The number of allylic oxidation sites excluding steroid dienone is 1. The van der Waals surface area contributed by atoms with E-state index in [4.69, 9.17) is 4.74 Å². The number of fused-ring (bicyclic) bond motifs is 2. The predicted molar refractivity (Wildman–Crippen MR) is 105 cm³/mol. The molecule has 1 atom stereocenters. The van der Waals surface area contributed by atoms with E-state index in [1.165, 1.54) is 4.90 Å². The van der Waals surface area contributed by atoms with Crippen molar-refractivity contribution in [3.63, 3.8) is 0 Å². The number of hydrogen-bond acceptors (Lipinski definition) is 5. The van der Waals surface area contributed by atoms with Crippen LogP contribution in [0.2, 0.25) is 0 Å². The van der Waals surface area contributed by atoms with Crippen molar-refractivity contribution in [1.29, 1.82) is 10.5 Å². The first-order valence-corrected chi connectivity index (χ1v) is 9.36. The van der Waals surface area contributed by atoms with Gasteiger partial charge < -0.3 is 9.64 Å². The minimum Gasteiger partial charge on any atom is -0.443 e. The van der Waals surface area contributed by atoms with Gasteiger partial charge in [0, 0.05) is 34.9 Å². The average Bonchev–Trinajstić information content (AvgIpc) is 2.99. The maximum atomic E-state index is 13.6. The lowest BCUT2D eigenvalue weighted by molar-refractivity contribution is -0.130. The molecule has 3 rings (SSSR count). The molecule has 2 aliphatic heterocycles. The number of carbonyl (C=O) groups excluding carboxylic acids is 2. The molecule has 0 aromatic heterocycles. The maximum Gasteiger partial charge on any atom is 0.415 e. The van der Waals surface area contributed by atoms with E-state index in [0.29, 0.717) is 15.7 Å². The molecule has 1 spiro atoms. The van der Waals surface area contributed by atoms with E-state index >= 15 is 0 Å². The molecule has 0 radical (unpaired) electrons. The number of halogens is 1. The molecule has 0 N–H and O–H groups in total. The zero-order valence-electron chi connectivity index (χ0n) is 16.0. The van der Waals surface area contributed by atoms with Gasteiger partial charge in [-0.3, -0.25) is 9.69 Å². The summed E-state index contributed by atoms with van der Waals surface area (Å²) in [4.78, 5) is 29.2. The third-order valence-electron chi connectivity index (χ3n) is 5.02. The maximum absolute atomic E-state index is 13.6. The fourth-order valence-corrected chi connectivity index (χ4v) is 4.33. The predicted octanol–water partition coefficient (Wildman–Crippen LogP) is 3.81. The molecule has 0 saturated carbocycles. The Labute approximate surface area is 171 Å². The number of rotatable bonds is 0. The number of likely N-dealkylation sites (tertiary alicyclic amines) is 1. The number of likely N-dealkylation sites (N-methyl/N-ethyl adjacent to an activating group) is 1. The van der Waals surface area contributed by atoms with Gasteiger partial charge in [-0.2, -0.15) is 10.5 Å². The van der Waals surface area contributed by atoms with Crippen LogP contribution in [0.1, 0.15) is 32.8 Å². The molecule has 2 aliphatic rings. The van der Waals surface area contributed by atoms with Crippen molar-refractivity contribution in [3.05, 3.63) is 40.5 Å². The van der Waals surface area contributed by atoms with Gasteiger partial charge in [0.05, 0.1) is 12.1 Å². The van der Waals surface area contributed by atoms with Crippen LogP contribution in [-0.4, -0.2) is 29.5 Å². The fourth-order valence-electron chi connectivity index (χ4n) is 3.97. The van der Waals surface area contributed by atoms with Crippen molar-refractivity contribution in [2.75, 3.05) is 11.9 Å². The molecule has 0 bridgehead atoms. The van der Waals surface area contributed by atoms with Crippen LogP contribution in [0.5, 0.6) is 0 Å². The summed E-state index contributed by atoms with van der Waals surface area (Å²) in [5, 5.41) is 20.0. The standard InChI is InChI=1S/C20H19BrN4O3/c1-12-9-19(10-22,11-23)20(25(12)17(27)28-18(2,3)4)14-8-13(21)6-7-15(14)24(5)16(20)26/h6-8H,1,9H2,2-5H3/t20-/m0/s1. The zero-order chi connectivity index (χ0) is 21.1. The third kappa shape index (κ3) is 2.38. The number of amides is 2. The lowest BCUT2D eigenvalue weighted by atomic mass is 9.68. The van der Waals surface area contributed by atoms with Crippen LogP contribution in [0.3, 0.4) is 0 Å².